The van der Waals surface area contributed by atoms with E-state index < -0.39 is 0 Å². The Morgan fingerprint density at radius 3 is 2.60 bits per heavy atom. The summed E-state index contributed by atoms with van der Waals surface area (Å²) in [6, 6.07) is 6.03. The predicted octanol–water partition coefficient (Wildman–Crippen LogP) is 3.26. The van der Waals surface area contributed by atoms with Crippen LogP contribution in [-0.2, 0) is 6.42 Å². The third kappa shape index (κ3) is 3.82. The first-order valence-electron chi connectivity index (χ1n) is 5.64. The summed E-state index contributed by atoms with van der Waals surface area (Å²) in [5.74, 6) is 1.48. The fourth-order valence-corrected chi connectivity index (χ4v) is 1.35. The van der Waals surface area contributed by atoms with Crippen LogP contribution in [0.5, 0.6) is 5.75 Å². The first-order chi connectivity index (χ1) is 7.13. The van der Waals surface area contributed by atoms with Gasteiger partial charge in [0.2, 0.25) is 0 Å². The van der Waals surface area contributed by atoms with Crippen molar-refractivity contribution in [2.45, 2.75) is 33.6 Å². The van der Waals surface area contributed by atoms with E-state index in [0.717, 1.165) is 30.9 Å². The lowest BCUT2D eigenvalue weighted by Gasteiger charge is -2.11. The molecule has 0 bridgehead atoms. The molecule has 0 heterocycles. The van der Waals surface area contributed by atoms with Gasteiger partial charge in [-0.1, -0.05) is 26.8 Å². The lowest BCUT2D eigenvalue weighted by Crippen LogP contribution is -2.03. The van der Waals surface area contributed by atoms with E-state index >= 15 is 0 Å². The number of ether oxygens (including phenoxy) is 1. The Labute approximate surface area is 92.4 Å². The fraction of sp³-hybridized carbons (Fsp3) is 0.538. The van der Waals surface area contributed by atoms with Gasteiger partial charge in [-0.2, -0.15) is 0 Å². The first kappa shape index (κ1) is 11.9. The van der Waals surface area contributed by atoms with Gasteiger partial charge in [-0.15, -0.1) is 0 Å². The molecule has 1 rings (SSSR count). The van der Waals surface area contributed by atoms with Crippen LogP contribution >= 0.6 is 0 Å². The molecule has 84 valence electrons. The van der Waals surface area contributed by atoms with Gasteiger partial charge in [0.25, 0.3) is 0 Å². The van der Waals surface area contributed by atoms with Crippen molar-refractivity contribution < 1.29 is 4.74 Å². The van der Waals surface area contributed by atoms with Crippen molar-refractivity contribution >= 4 is 5.69 Å². The number of rotatable bonds is 5. The number of aryl methyl sites for hydroxylation is 1. The van der Waals surface area contributed by atoms with Gasteiger partial charge in [-0.25, -0.2) is 0 Å². The van der Waals surface area contributed by atoms with Crippen molar-refractivity contribution in [2.24, 2.45) is 5.92 Å². The van der Waals surface area contributed by atoms with Crippen LogP contribution in [-0.4, -0.2) is 6.61 Å². The third-order valence-electron chi connectivity index (χ3n) is 2.44. The summed E-state index contributed by atoms with van der Waals surface area (Å²) in [5, 5.41) is 0. The summed E-state index contributed by atoms with van der Waals surface area (Å²) in [5.41, 5.74) is 7.89. The molecule has 2 N–H and O–H groups in total. The van der Waals surface area contributed by atoms with E-state index in [0.29, 0.717) is 5.92 Å². The molecule has 2 heteroatoms. The van der Waals surface area contributed by atoms with Gasteiger partial charge in [0, 0.05) is 0 Å². The second-order valence-corrected chi connectivity index (χ2v) is 4.26. The van der Waals surface area contributed by atoms with Gasteiger partial charge >= 0.3 is 0 Å². The fourth-order valence-electron chi connectivity index (χ4n) is 1.35. The van der Waals surface area contributed by atoms with E-state index in [2.05, 4.69) is 26.8 Å². The molecule has 0 fully saturated rings. The number of anilines is 1. The van der Waals surface area contributed by atoms with Crippen molar-refractivity contribution in [3.8, 4) is 5.75 Å². The Kier molecular flexibility index (Phi) is 4.47. The van der Waals surface area contributed by atoms with Crippen molar-refractivity contribution in [2.75, 3.05) is 12.3 Å². The highest BCUT2D eigenvalue weighted by Crippen LogP contribution is 2.23. The molecule has 0 atom stereocenters. The minimum atomic E-state index is 0.668. The molecule has 1 aromatic carbocycles. The molecule has 1 aromatic rings. The zero-order valence-electron chi connectivity index (χ0n) is 9.92. The van der Waals surface area contributed by atoms with Crippen LogP contribution in [0.3, 0.4) is 0 Å². The molecule has 15 heavy (non-hydrogen) atoms. The molecule has 2 nitrogen and oxygen atoms in total. The van der Waals surface area contributed by atoms with Gasteiger partial charge < -0.3 is 10.5 Å². The Morgan fingerprint density at radius 1 is 1.33 bits per heavy atom. The number of hydrogen-bond acceptors (Lipinski definition) is 2. The second-order valence-electron chi connectivity index (χ2n) is 4.26. The van der Waals surface area contributed by atoms with Gasteiger partial charge in [0.15, 0.2) is 0 Å². The minimum Gasteiger partial charge on any atom is -0.491 e. The van der Waals surface area contributed by atoms with Crippen molar-refractivity contribution in [1.82, 2.24) is 0 Å². The van der Waals surface area contributed by atoms with E-state index in [9.17, 15) is 0 Å². The minimum absolute atomic E-state index is 0.668. The SMILES string of the molecule is CCc1ccc(OCCC(C)C)c(N)c1. The molecule has 0 aliphatic rings. The van der Waals surface area contributed by atoms with Crippen LogP contribution in [0.1, 0.15) is 32.8 Å². The zero-order valence-corrected chi connectivity index (χ0v) is 9.92. The van der Waals surface area contributed by atoms with Crippen LogP contribution in [0.2, 0.25) is 0 Å². The Bertz CT molecular complexity index is 307. The normalized spacial score (nSPS) is 10.7. The number of hydrogen-bond donors (Lipinski definition) is 1. The topological polar surface area (TPSA) is 35.2 Å². The average Bonchev–Trinajstić information content (AvgIpc) is 2.20. The van der Waals surface area contributed by atoms with Crippen molar-refractivity contribution in [1.29, 1.82) is 0 Å². The smallest absolute Gasteiger partial charge is 0.142 e. The van der Waals surface area contributed by atoms with Gasteiger partial charge in [-0.05, 0) is 36.5 Å². The van der Waals surface area contributed by atoms with Crippen molar-refractivity contribution in [3.05, 3.63) is 23.8 Å². The molecule has 0 saturated heterocycles. The predicted molar refractivity (Wildman–Crippen MR) is 65.2 cm³/mol. The lowest BCUT2D eigenvalue weighted by atomic mass is 10.1. The highest BCUT2D eigenvalue weighted by molar-refractivity contribution is 5.54. The monoisotopic (exact) mass is 207 g/mol. The molecule has 0 aromatic heterocycles. The molecule has 0 radical (unpaired) electrons. The van der Waals surface area contributed by atoms with Gasteiger partial charge in [-0.3, -0.25) is 0 Å². The van der Waals surface area contributed by atoms with Crippen LogP contribution in [0, 0.1) is 5.92 Å². The molecule has 0 saturated carbocycles. The quantitative estimate of drug-likeness (QED) is 0.752. The Hall–Kier alpha value is -1.18. The van der Waals surface area contributed by atoms with E-state index in [1.165, 1.54) is 5.56 Å². The summed E-state index contributed by atoms with van der Waals surface area (Å²) in [4.78, 5) is 0. The maximum atomic E-state index is 5.89. The summed E-state index contributed by atoms with van der Waals surface area (Å²) < 4.78 is 5.62. The Morgan fingerprint density at radius 2 is 2.07 bits per heavy atom. The first-order valence-corrected chi connectivity index (χ1v) is 5.64. The van der Waals surface area contributed by atoms with Gasteiger partial charge in [0.05, 0.1) is 12.3 Å². The van der Waals surface area contributed by atoms with Crippen molar-refractivity contribution in [3.63, 3.8) is 0 Å². The van der Waals surface area contributed by atoms with Crippen LogP contribution in [0.15, 0.2) is 18.2 Å². The van der Waals surface area contributed by atoms with E-state index in [-0.39, 0.29) is 0 Å². The van der Waals surface area contributed by atoms with Crippen LogP contribution in [0.25, 0.3) is 0 Å². The molecular weight excluding hydrogens is 186 g/mol. The molecule has 0 unspecified atom stereocenters. The number of benzene rings is 1. The summed E-state index contributed by atoms with van der Waals surface area (Å²) >= 11 is 0. The molecule has 0 aliphatic carbocycles. The van der Waals surface area contributed by atoms with E-state index in [4.69, 9.17) is 10.5 Å². The standard InChI is InChI=1S/C13H21NO/c1-4-11-5-6-13(12(14)9-11)15-8-7-10(2)3/h5-6,9-10H,4,7-8,14H2,1-3H3. The number of nitrogens with two attached hydrogens (primary N) is 1. The molecule has 0 aliphatic heterocycles. The molecule has 0 amide bonds. The maximum Gasteiger partial charge on any atom is 0.142 e. The lowest BCUT2D eigenvalue weighted by molar-refractivity contribution is 0.291. The second kappa shape index (κ2) is 5.64. The third-order valence-corrected chi connectivity index (χ3v) is 2.44. The maximum absolute atomic E-state index is 5.89. The average molecular weight is 207 g/mol. The van der Waals surface area contributed by atoms with Crippen LogP contribution < -0.4 is 10.5 Å². The summed E-state index contributed by atoms with van der Waals surface area (Å²) in [7, 11) is 0. The highest BCUT2D eigenvalue weighted by atomic mass is 16.5. The van der Waals surface area contributed by atoms with Gasteiger partial charge in [0.1, 0.15) is 5.75 Å². The number of nitrogen functional groups attached to an aromatic ring is 1. The molecular formula is C13H21NO. The van der Waals surface area contributed by atoms with E-state index in [1.54, 1.807) is 0 Å². The highest BCUT2D eigenvalue weighted by Gasteiger charge is 2.01. The zero-order chi connectivity index (χ0) is 11.3. The summed E-state index contributed by atoms with van der Waals surface area (Å²) in [6.07, 6.45) is 2.07. The largest absolute Gasteiger partial charge is 0.491 e. The summed E-state index contributed by atoms with van der Waals surface area (Å²) in [6.45, 7) is 7.24. The van der Waals surface area contributed by atoms with E-state index in [1.807, 2.05) is 12.1 Å². The van der Waals surface area contributed by atoms with Crippen LogP contribution in [0.4, 0.5) is 5.69 Å². The Balaban J connectivity index is 2.54. The molecule has 0 spiro atoms.